The highest BCUT2D eigenvalue weighted by atomic mass is 16.4. The zero-order valence-corrected chi connectivity index (χ0v) is 9.66. The Morgan fingerprint density at radius 1 is 1.31 bits per heavy atom. The van der Waals surface area contributed by atoms with Crippen molar-refractivity contribution < 1.29 is 9.90 Å². The van der Waals surface area contributed by atoms with Crippen LogP contribution in [0.5, 0.6) is 0 Å². The minimum absolute atomic E-state index is 0.317. The van der Waals surface area contributed by atoms with Crippen molar-refractivity contribution in [2.75, 3.05) is 0 Å². The monoisotopic (exact) mass is 219 g/mol. The molecule has 0 aromatic heterocycles. The molecule has 1 aromatic rings. The van der Waals surface area contributed by atoms with Gasteiger partial charge in [-0.2, -0.15) is 0 Å². The van der Waals surface area contributed by atoms with E-state index in [0.29, 0.717) is 0 Å². The average molecular weight is 219 g/mol. The molecule has 0 bridgehead atoms. The van der Waals surface area contributed by atoms with Gasteiger partial charge in [0.2, 0.25) is 0 Å². The van der Waals surface area contributed by atoms with E-state index in [9.17, 15) is 4.79 Å². The molecule has 1 fully saturated rings. The van der Waals surface area contributed by atoms with Crippen LogP contribution in [0.4, 0.5) is 0 Å². The van der Waals surface area contributed by atoms with Crippen LogP contribution in [0.25, 0.3) is 0 Å². The van der Waals surface area contributed by atoms with Gasteiger partial charge in [0.1, 0.15) is 6.04 Å². The van der Waals surface area contributed by atoms with E-state index in [1.54, 1.807) is 0 Å². The molecule has 2 rings (SSSR count). The van der Waals surface area contributed by atoms with Crippen molar-refractivity contribution in [1.82, 2.24) is 0 Å². The lowest BCUT2D eigenvalue weighted by molar-refractivity contribution is -0.139. The summed E-state index contributed by atoms with van der Waals surface area (Å²) in [5, 5.41) is 9.03. The summed E-state index contributed by atoms with van der Waals surface area (Å²) in [7, 11) is 0. The van der Waals surface area contributed by atoms with E-state index in [1.165, 1.54) is 11.1 Å². The first-order chi connectivity index (χ1) is 7.45. The normalized spacial score (nSPS) is 19.2. The highest BCUT2D eigenvalue weighted by Gasteiger charge is 2.52. The van der Waals surface area contributed by atoms with Crippen LogP contribution in [-0.2, 0) is 10.2 Å². The molecule has 86 valence electrons. The summed E-state index contributed by atoms with van der Waals surface area (Å²) in [5.41, 5.74) is 8.89. The lowest BCUT2D eigenvalue weighted by Crippen LogP contribution is -2.42. The average Bonchev–Trinajstić information content (AvgIpc) is 2.95. The van der Waals surface area contributed by atoms with E-state index in [1.807, 2.05) is 13.8 Å². The Morgan fingerprint density at radius 2 is 1.81 bits per heavy atom. The topological polar surface area (TPSA) is 63.3 Å². The maximum atomic E-state index is 11.0. The van der Waals surface area contributed by atoms with E-state index < -0.39 is 12.0 Å². The third-order valence-electron chi connectivity index (χ3n) is 3.45. The molecule has 0 amide bonds. The number of aryl methyl sites for hydroxylation is 2. The van der Waals surface area contributed by atoms with Crippen molar-refractivity contribution in [3.63, 3.8) is 0 Å². The summed E-state index contributed by atoms with van der Waals surface area (Å²) in [5.74, 6) is -0.906. The van der Waals surface area contributed by atoms with Crippen LogP contribution in [0, 0.1) is 13.8 Å². The van der Waals surface area contributed by atoms with Crippen LogP contribution in [0.1, 0.15) is 29.5 Å². The van der Waals surface area contributed by atoms with Crippen molar-refractivity contribution in [2.24, 2.45) is 5.73 Å². The number of benzene rings is 1. The molecule has 1 atom stereocenters. The number of hydrogen-bond acceptors (Lipinski definition) is 2. The first kappa shape index (κ1) is 11.1. The second-order valence-corrected chi connectivity index (χ2v) is 4.85. The van der Waals surface area contributed by atoms with Crippen molar-refractivity contribution >= 4 is 5.97 Å². The summed E-state index contributed by atoms with van der Waals surface area (Å²) in [6.45, 7) is 4.05. The standard InChI is InChI=1S/C13H17NO2/c1-8-5-9(2)7-10(6-8)13(3-4-13)11(14)12(15)16/h5-7,11H,3-4,14H2,1-2H3,(H,15,16). The van der Waals surface area contributed by atoms with Gasteiger partial charge in [0.15, 0.2) is 0 Å². The van der Waals surface area contributed by atoms with Crippen LogP contribution in [0.3, 0.4) is 0 Å². The summed E-state index contributed by atoms with van der Waals surface area (Å²) < 4.78 is 0. The van der Waals surface area contributed by atoms with Crippen LogP contribution in [0.15, 0.2) is 18.2 Å². The molecule has 3 heteroatoms. The Kier molecular flexibility index (Phi) is 2.50. The Hall–Kier alpha value is -1.35. The Labute approximate surface area is 95.3 Å². The van der Waals surface area contributed by atoms with Crippen molar-refractivity contribution in [2.45, 2.75) is 38.1 Å². The predicted octanol–water partition coefficient (Wildman–Crippen LogP) is 1.75. The number of carboxylic acid groups (broad SMARTS) is 1. The van der Waals surface area contributed by atoms with Gasteiger partial charge in [-0.25, -0.2) is 0 Å². The molecule has 1 unspecified atom stereocenters. The number of rotatable bonds is 3. The summed E-state index contributed by atoms with van der Waals surface area (Å²) in [4.78, 5) is 11.0. The van der Waals surface area contributed by atoms with Gasteiger partial charge in [-0.3, -0.25) is 4.79 Å². The number of carbonyl (C=O) groups is 1. The molecule has 0 aliphatic heterocycles. The van der Waals surface area contributed by atoms with E-state index in [2.05, 4.69) is 18.2 Å². The highest BCUT2D eigenvalue weighted by molar-refractivity contribution is 5.77. The summed E-state index contributed by atoms with van der Waals surface area (Å²) in [6.07, 6.45) is 1.76. The van der Waals surface area contributed by atoms with Gasteiger partial charge in [-0.15, -0.1) is 0 Å². The maximum absolute atomic E-state index is 11.0. The van der Waals surface area contributed by atoms with Crippen LogP contribution in [0.2, 0.25) is 0 Å². The van der Waals surface area contributed by atoms with Gasteiger partial charge < -0.3 is 10.8 Å². The zero-order valence-electron chi connectivity index (χ0n) is 9.66. The molecule has 1 saturated carbocycles. The van der Waals surface area contributed by atoms with Crippen molar-refractivity contribution in [3.05, 3.63) is 34.9 Å². The van der Waals surface area contributed by atoms with Gasteiger partial charge >= 0.3 is 5.97 Å². The van der Waals surface area contributed by atoms with E-state index in [4.69, 9.17) is 10.8 Å². The molecule has 1 aliphatic carbocycles. The highest BCUT2D eigenvalue weighted by Crippen LogP contribution is 2.50. The van der Waals surface area contributed by atoms with Gasteiger partial charge in [-0.1, -0.05) is 29.3 Å². The quantitative estimate of drug-likeness (QED) is 0.814. The molecule has 3 N–H and O–H groups in total. The molecule has 1 aliphatic rings. The van der Waals surface area contributed by atoms with Crippen LogP contribution < -0.4 is 5.73 Å². The van der Waals surface area contributed by atoms with Gasteiger partial charge in [-0.05, 0) is 32.3 Å². The number of aliphatic carboxylic acids is 1. The van der Waals surface area contributed by atoms with Gasteiger partial charge in [0.25, 0.3) is 0 Å². The molecule has 3 nitrogen and oxygen atoms in total. The van der Waals surface area contributed by atoms with Gasteiger partial charge in [0.05, 0.1) is 0 Å². The van der Waals surface area contributed by atoms with E-state index in [0.717, 1.165) is 18.4 Å². The Bertz CT molecular complexity index is 415. The third kappa shape index (κ3) is 1.71. The van der Waals surface area contributed by atoms with E-state index >= 15 is 0 Å². The molecule has 0 spiro atoms. The number of nitrogens with two attached hydrogens (primary N) is 1. The molecular weight excluding hydrogens is 202 g/mol. The van der Waals surface area contributed by atoms with Crippen LogP contribution in [-0.4, -0.2) is 17.1 Å². The first-order valence-corrected chi connectivity index (χ1v) is 5.53. The largest absolute Gasteiger partial charge is 0.480 e. The fraction of sp³-hybridized carbons (Fsp3) is 0.462. The summed E-state index contributed by atoms with van der Waals surface area (Å²) in [6, 6.07) is 5.42. The molecule has 0 heterocycles. The number of carboxylic acids is 1. The lowest BCUT2D eigenvalue weighted by Gasteiger charge is -2.21. The van der Waals surface area contributed by atoms with Crippen molar-refractivity contribution in [1.29, 1.82) is 0 Å². The molecule has 0 radical (unpaired) electrons. The maximum Gasteiger partial charge on any atom is 0.321 e. The lowest BCUT2D eigenvalue weighted by atomic mass is 9.86. The fourth-order valence-corrected chi connectivity index (χ4v) is 2.41. The second kappa shape index (κ2) is 3.59. The smallest absolute Gasteiger partial charge is 0.321 e. The number of hydrogen-bond donors (Lipinski definition) is 2. The molecule has 0 saturated heterocycles. The SMILES string of the molecule is Cc1cc(C)cc(C2(C(N)C(=O)O)CC2)c1. The summed E-state index contributed by atoms with van der Waals surface area (Å²) >= 11 is 0. The van der Waals surface area contributed by atoms with E-state index in [-0.39, 0.29) is 5.41 Å². The predicted molar refractivity (Wildman–Crippen MR) is 62.4 cm³/mol. The Balaban J connectivity index is 2.40. The molecule has 1 aromatic carbocycles. The first-order valence-electron chi connectivity index (χ1n) is 5.53. The minimum atomic E-state index is -0.906. The fourth-order valence-electron chi connectivity index (χ4n) is 2.41. The second-order valence-electron chi connectivity index (χ2n) is 4.85. The third-order valence-corrected chi connectivity index (χ3v) is 3.45. The van der Waals surface area contributed by atoms with Crippen molar-refractivity contribution in [3.8, 4) is 0 Å². The van der Waals surface area contributed by atoms with Gasteiger partial charge in [0, 0.05) is 5.41 Å². The Morgan fingerprint density at radius 3 is 2.19 bits per heavy atom. The van der Waals surface area contributed by atoms with Crippen LogP contribution >= 0.6 is 0 Å². The molecule has 16 heavy (non-hydrogen) atoms. The molecular formula is C13H17NO2. The zero-order chi connectivity index (χ0) is 11.9. The minimum Gasteiger partial charge on any atom is -0.480 e.